The van der Waals surface area contributed by atoms with E-state index in [1.807, 2.05) is 0 Å². The summed E-state index contributed by atoms with van der Waals surface area (Å²) in [5.41, 5.74) is 2.13. The molecule has 1 aliphatic heterocycles. The van der Waals surface area contributed by atoms with Crippen molar-refractivity contribution in [3.8, 4) is 28.7 Å². The van der Waals surface area contributed by atoms with Crippen LogP contribution in [-0.4, -0.2) is 66.2 Å². The Hall–Kier alpha value is -6.50. The van der Waals surface area contributed by atoms with E-state index in [0.717, 1.165) is 0 Å². The fraction of sp³-hybridized carbons (Fsp3) is 0.250. The minimum Gasteiger partial charge on any atom is -0.493 e. The second kappa shape index (κ2) is 15.8. The van der Waals surface area contributed by atoms with E-state index < -0.39 is 42.0 Å². The van der Waals surface area contributed by atoms with Gasteiger partial charge in [0.25, 0.3) is 0 Å². The van der Waals surface area contributed by atoms with E-state index in [9.17, 15) is 19.2 Å². The van der Waals surface area contributed by atoms with Crippen molar-refractivity contribution < 1.29 is 61.8 Å². The van der Waals surface area contributed by atoms with Crippen LogP contribution in [0.4, 0.5) is 0 Å². The third-order valence-corrected chi connectivity index (χ3v) is 8.86. The Bertz CT molecular complexity index is 2030. The van der Waals surface area contributed by atoms with Crippen LogP contribution in [0.25, 0.3) is 5.57 Å². The third kappa shape index (κ3) is 7.18. The van der Waals surface area contributed by atoms with Gasteiger partial charge >= 0.3 is 23.9 Å². The molecule has 0 saturated heterocycles. The molecule has 0 aromatic heterocycles. The Kier molecular flexibility index (Phi) is 10.8. The van der Waals surface area contributed by atoms with Gasteiger partial charge in [-0.05, 0) is 47.4 Å². The second-order valence-corrected chi connectivity index (χ2v) is 11.8. The summed E-state index contributed by atoms with van der Waals surface area (Å²) < 4.78 is 50.2. The highest BCUT2D eigenvalue weighted by Crippen LogP contribution is 2.49. The number of carbonyl (C=O) groups is 4. The first-order valence-electron chi connectivity index (χ1n) is 16.4. The number of hydrogen-bond acceptors (Lipinski definition) is 13. The Morgan fingerprint density at radius 3 is 1.70 bits per heavy atom. The molecule has 0 bridgehead atoms. The zero-order valence-corrected chi connectivity index (χ0v) is 29.5. The molecule has 13 heteroatoms. The number of carbonyl (C=O) groups excluding carboxylic acids is 4. The highest BCUT2D eigenvalue weighted by atomic mass is 16.7. The summed E-state index contributed by atoms with van der Waals surface area (Å²) in [6.45, 7) is -0.0441. The smallest absolute Gasteiger partial charge is 0.351 e. The fourth-order valence-corrected chi connectivity index (χ4v) is 6.35. The summed E-state index contributed by atoms with van der Waals surface area (Å²) in [6.07, 6.45) is -3.08. The monoisotopic (exact) mass is 724 g/mol. The quantitative estimate of drug-likeness (QED) is 0.137. The molecule has 4 aromatic carbocycles. The second-order valence-electron chi connectivity index (χ2n) is 11.8. The maximum Gasteiger partial charge on any atom is 0.351 e. The zero-order valence-electron chi connectivity index (χ0n) is 29.5. The molecule has 0 spiro atoms. The van der Waals surface area contributed by atoms with Crippen LogP contribution >= 0.6 is 0 Å². The van der Waals surface area contributed by atoms with Crippen LogP contribution in [0.1, 0.15) is 40.0 Å². The minimum absolute atomic E-state index is 0.0441. The molecule has 1 aliphatic carbocycles. The van der Waals surface area contributed by atoms with Gasteiger partial charge in [-0.1, -0.05) is 60.7 Å². The van der Waals surface area contributed by atoms with Gasteiger partial charge < -0.3 is 42.6 Å². The number of hydrogen-bond donors (Lipinski definition) is 0. The highest BCUT2D eigenvalue weighted by Gasteiger charge is 2.43. The first-order valence-corrected chi connectivity index (χ1v) is 16.4. The van der Waals surface area contributed by atoms with Gasteiger partial charge in [-0.3, -0.25) is 4.79 Å². The summed E-state index contributed by atoms with van der Waals surface area (Å²) >= 11 is 0. The standard InChI is InChI=1S/C40H36O13/c1-45-30-18-25(19-31(46-2)36(30)47-3)32-26-20-29-28(50-21-51-29)17-24(26)16-27(37(41)52-34(39(43)48-4)22-12-8-6-9-13-22)33(32)38(42)53-35(40(44)49-5)23-14-10-7-11-15-23/h6-15,17-20,27,34-35H,16,21H2,1-5H3/t27-,34+,35+/m1/s1. The lowest BCUT2D eigenvalue weighted by molar-refractivity contribution is -0.170. The SMILES string of the molecule is COC(=O)[C@@H](OC(=O)C1=C(c2cc(OC)c(OC)c(OC)c2)c2cc3c(cc2C[C@H]1C(=O)O[C@H](C(=O)OC)c1ccccc1)OCO3)c1ccccc1. The molecule has 6 rings (SSSR count). The number of methoxy groups -OCH3 is 5. The van der Waals surface area contributed by atoms with Crippen molar-refractivity contribution in [3.63, 3.8) is 0 Å². The van der Waals surface area contributed by atoms with Gasteiger partial charge in [0.05, 0.1) is 47.0 Å². The van der Waals surface area contributed by atoms with Crippen LogP contribution in [0.15, 0.2) is 90.5 Å². The summed E-state index contributed by atoms with van der Waals surface area (Å²) in [7, 11) is 6.67. The summed E-state index contributed by atoms with van der Waals surface area (Å²) in [5, 5.41) is 0. The van der Waals surface area contributed by atoms with Crippen molar-refractivity contribution >= 4 is 29.5 Å². The number of rotatable bonds is 12. The maximum absolute atomic E-state index is 14.8. The van der Waals surface area contributed by atoms with Crippen LogP contribution in [0.5, 0.6) is 28.7 Å². The topological polar surface area (TPSA) is 151 Å². The zero-order chi connectivity index (χ0) is 37.6. The molecule has 1 heterocycles. The minimum atomic E-state index is -1.51. The Morgan fingerprint density at radius 2 is 1.19 bits per heavy atom. The van der Waals surface area contributed by atoms with E-state index in [4.69, 9.17) is 42.6 Å². The molecule has 13 nitrogen and oxygen atoms in total. The summed E-state index contributed by atoms with van der Waals surface area (Å²) in [5.74, 6) is -3.46. The van der Waals surface area contributed by atoms with Gasteiger partial charge in [-0.2, -0.15) is 0 Å². The van der Waals surface area contributed by atoms with Gasteiger partial charge in [-0.15, -0.1) is 0 Å². The normalized spacial score (nSPS) is 15.3. The molecular formula is C40H36O13. The number of ether oxygens (including phenoxy) is 9. The van der Waals surface area contributed by atoms with Crippen LogP contribution < -0.4 is 23.7 Å². The largest absolute Gasteiger partial charge is 0.493 e. The molecule has 2 aliphatic rings. The lowest BCUT2D eigenvalue weighted by Gasteiger charge is -2.31. The van der Waals surface area contributed by atoms with E-state index in [1.165, 1.54) is 35.5 Å². The number of benzene rings is 4. The fourth-order valence-electron chi connectivity index (χ4n) is 6.35. The molecular weight excluding hydrogens is 688 g/mol. The number of fused-ring (bicyclic) bond motifs is 2. The summed E-state index contributed by atoms with van der Waals surface area (Å²) in [4.78, 5) is 55.5. The molecule has 0 N–H and O–H groups in total. The Balaban J connectivity index is 1.60. The van der Waals surface area contributed by atoms with Crippen molar-refractivity contribution in [1.82, 2.24) is 0 Å². The Morgan fingerprint density at radius 1 is 0.660 bits per heavy atom. The van der Waals surface area contributed by atoms with Gasteiger partial charge in [-0.25, -0.2) is 14.4 Å². The molecule has 0 saturated carbocycles. The average Bonchev–Trinajstić information content (AvgIpc) is 3.67. The first kappa shape index (κ1) is 36.3. The lowest BCUT2D eigenvalue weighted by Crippen LogP contribution is -2.34. The highest BCUT2D eigenvalue weighted by molar-refractivity contribution is 6.09. The number of esters is 4. The van der Waals surface area contributed by atoms with Crippen molar-refractivity contribution in [2.45, 2.75) is 18.6 Å². The average molecular weight is 725 g/mol. The van der Waals surface area contributed by atoms with E-state index >= 15 is 0 Å². The van der Waals surface area contributed by atoms with E-state index in [0.29, 0.717) is 39.3 Å². The van der Waals surface area contributed by atoms with Gasteiger partial charge in [0.1, 0.15) is 0 Å². The third-order valence-electron chi connectivity index (χ3n) is 8.86. The predicted molar refractivity (Wildman–Crippen MR) is 186 cm³/mol. The van der Waals surface area contributed by atoms with Gasteiger partial charge in [0.2, 0.25) is 24.8 Å². The van der Waals surface area contributed by atoms with Crippen molar-refractivity contribution in [2.24, 2.45) is 5.92 Å². The van der Waals surface area contributed by atoms with Crippen molar-refractivity contribution in [2.75, 3.05) is 42.3 Å². The Labute approximate surface area is 304 Å². The van der Waals surface area contributed by atoms with Gasteiger partial charge in [0, 0.05) is 16.7 Å². The molecule has 274 valence electrons. The molecule has 53 heavy (non-hydrogen) atoms. The molecule has 0 fully saturated rings. The molecule has 0 radical (unpaired) electrons. The summed E-state index contributed by atoms with van der Waals surface area (Å²) in [6, 6.07) is 23.3. The van der Waals surface area contributed by atoms with Crippen LogP contribution in [0.2, 0.25) is 0 Å². The van der Waals surface area contributed by atoms with Crippen LogP contribution in [0.3, 0.4) is 0 Å². The first-order chi connectivity index (χ1) is 25.7. The van der Waals surface area contributed by atoms with Crippen molar-refractivity contribution in [3.05, 3.63) is 118 Å². The lowest BCUT2D eigenvalue weighted by atomic mass is 9.75. The maximum atomic E-state index is 14.8. The van der Waals surface area contributed by atoms with E-state index in [-0.39, 0.29) is 41.6 Å². The van der Waals surface area contributed by atoms with Crippen LogP contribution in [0, 0.1) is 5.92 Å². The van der Waals surface area contributed by atoms with Crippen molar-refractivity contribution in [1.29, 1.82) is 0 Å². The van der Waals surface area contributed by atoms with E-state index in [2.05, 4.69) is 0 Å². The molecule has 0 amide bonds. The molecule has 0 unspecified atom stereocenters. The van der Waals surface area contributed by atoms with Gasteiger partial charge in [0.15, 0.2) is 23.0 Å². The molecule has 3 atom stereocenters. The predicted octanol–water partition coefficient (Wildman–Crippen LogP) is 5.33. The van der Waals surface area contributed by atoms with E-state index in [1.54, 1.807) is 84.9 Å². The van der Waals surface area contributed by atoms with Crippen LogP contribution in [-0.2, 0) is 44.5 Å². The molecule has 4 aromatic rings.